The first-order chi connectivity index (χ1) is 4.85. The number of rotatable bonds is 3. The molecule has 0 spiro atoms. The molecule has 0 aliphatic rings. The largest absolute Gasteiger partial charge is 0.104 e. The summed E-state index contributed by atoms with van der Waals surface area (Å²) in [6.07, 6.45) is 4.64. The van der Waals surface area contributed by atoms with Gasteiger partial charge in [0.25, 0.3) is 0 Å². The molecule has 0 radical (unpaired) electrons. The summed E-state index contributed by atoms with van der Waals surface area (Å²) < 4.78 is 0. The van der Waals surface area contributed by atoms with Gasteiger partial charge in [0.2, 0.25) is 0 Å². The van der Waals surface area contributed by atoms with Crippen LogP contribution in [0.2, 0.25) is 0 Å². The van der Waals surface area contributed by atoms with Crippen LogP contribution < -0.4 is 0 Å². The third-order valence-corrected chi connectivity index (χ3v) is 1.85. The van der Waals surface area contributed by atoms with E-state index in [4.69, 9.17) is 0 Å². The van der Waals surface area contributed by atoms with Crippen LogP contribution in [0.5, 0.6) is 0 Å². The predicted octanol–water partition coefficient (Wildman–Crippen LogP) is 3.23. The van der Waals surface area contributed by atoms with Crippen molar-refractivity contribution in [2.45, 2.75) is 46.5 Å². The highest BCUT2D eigenvalue weighted by atomic mass is 14.0. The van der Waals surface area contributed by atoms with Crippen molar-refractivity contribution in [1.29, 1.82) is 0 Å². The molecule has 0 aliphatic carbocycles. The van der Waals surface area contributed by atoms with E-state index in [1.165, 1.54) is 12.8 Å². The van der Waals surface area contributed by atoms with Crippen molar-refractivity contribution in [2.75, 3.05) is 0 Å². The monoisotopic (exact) mass is 138 g/mol. The van der Waals surface area contributed by atoms with Gasteiger partial charge in [0, 0.05) is 12.8 Å². The molecule has 0 aromatic carbocycles. The molecule has 0 aliphatic heterocycles. The van der Waals surface area contributed by atoms with E-state index < -0.39 is 0 Å². The second-order valence-electron chi connectivity index (χ2n) is 2.59. The van der Waals surface area contributed by atoms with E-state index in [1.807, 2.05) is 0 Å². The zero-order valence-electron chi connectivity index (χ0n) is 7.41. The molecule has 0 aromatic rings. The van der Waals surface area contributed by atoms with Crippen molar-refractivity contribution in [1.82, 2.24) is 0 Å². The quantitative estimate of drug-likeness (QED) is 0.525. The fourth-order valence-electron chi connectivity index (χ4n) is 0.919. The van der Waals surface area contributed by atoms with Gasteiger partial charge in [-0.15, -0.1) is 11.8 Å². The van der Waals surface area contributed by atoms with E-state index in [9.17, 15) is 0 Å². The summed E-state index contributed by atoms with van der Waals surface area (Å²) in [5, 5.41) is 0. The molecule has 0 unspecified atom stereocenters. The maximum Gasteiger partial charge on any atom is 0.0117 e. The molecule has 0 saturated heterocycles. The minimum Gasteiger partial charge on any atom is -0.104 e. The van der Waals surface area contributed by atoms with Crippen molar-refractivity contribution in [3.63, 3.8) is 0 Å². The minimum absolute atomic E-state index is 0.832. The molecule has 0 rings (SSSR count). The molecule has 0 saturated carbocycles. The van der Waals surface area contributed by atoms with Gasteiger partial charge in [0.1, 0.15) is 0 Å². The summed E-state index contributed by atoms with van der Waals surface area (Å²) in [4.78, 5) is 0. The predicted molar refractivity (Wildman–Crippen MR) is 46.8 cm³/mol. The molecule has 0 bridgehead atoms. The fourth-order valence-corrected chi connectivity index (χ4v) is 0.919. The minimum atomic E-state index is 0.832. The van der Waals surface area contributed by atoms with Crippen LogP contribution in [0.4, 0.5) is 0 Å². The molecule has 0 amide bonds. The van der Waals surface area contributed by atoms with E-state index >= 15 is 0 Å². The van der Waals surface area contributed by atoms with Crippen LogP contribution in [0.25, 0.3) is 0 Å². The molecule has 0 atom stereocenters. The average molecular weight is 138 g/mol. The van der Waals surface area contributed by atoms with Crippen LogP contribution in [-0.4, -0.2) is 0 Å². The smallest absolute Gasteiger partial charge is 0.0117 e. The molecule has 0 heteroatoms. The molecule has 10 heavy (non-hydrogen) atoms. The summed E-state index contributed by atoms with van der Waals surface area (Å²) in [5.74, 6) is 7.12. The first-order valence-electron chi connectivity index (χ1n) is 4.30. The van der Waals surface area contributed by atoms with Crippen molar-refractivity contribution in [3.05, 3.63) is 0 Å². The maximum absolute atomic E-state index is 3.19. The Morgan fingerprint density at radius 3 is 2.00 bits per heavy atom. The van der Waals surface area contributed by atoms with Crippen LogP contribution in [0.1, 0.15) is 46.5 Å². The summed E-state index contributed by atoms with van der Waals surface area (Å²) in [6, 6.07) is 0. The SMILES string of the molecule is CCC#CCC(CC)CC. The summed E-state index contributed by atoms with van der Waals surface area (Å²) in [7, 11) is 0. The Balaban J connectivity index is 3.43. The van der Waals surface area contributed by atoms with Gasteiger partial charge >= 0.3 is 0 Å². The molecular weight excluding hydrogens is 120 g/mol. The van der Waals surface area contributed by atoms with Gasteiger partial charge in [-0.1, -0.05) is 33.6 Å². The van der Waals surface area contributed by atoms with Gasteiger partial charge in [-0.05, 0) is 5.92 Å². The summed E-state index contributed by atoms with van der Waals surface area (Å²) in [5.41, 5.74) is 0. The van der Waals surface area contributed by atoms with Crippen LogP contribution in [0.3, 0.4) is 0 Å². The van der Waals surface area contributed by atoms with Gasteiger partial charge < -0.3 is 0 Å². The van der Waals surface area contributed by atoms with E-state index in [2.05, 4.69) is 32.6 Å². The first-order valence-corrected chi connectivity index (χ1v) is 4.30. The number of hydrogen-bond donors (Lipinski definition) is 0. The van der Waals surface area contributed by atoms with E-state index in [0.717, 1.165) is 18.8 Å². The van der Waals surface area contributed by atoms with Crippen LogP contribution >= 0.6 is 0 Å². The van der Waals surface area contributed by atoms with Gasteiger partial charge in [-0.2, -0.15) is 0 Å². The summed E-state index contributed by atoms with van der Waals surface area (Å²) >= 11 is 0. The van der Waals surface area contributed by atoms with Crippen LogP contribution in [-0.2, 0) is 0 Å². The Morgan fingerprint density at radius 2 is 1.60 bits per heavy atom. The van der Waals surface area contributed by atoms with Gasteiger partial charge in [-0.3, -0.25) is 0 Å². The lowest BCUT2D eigenvalue weighted by molar-refractivity contribution is 0.506. The molecule has 58 valence electrons. The molecule has 0 N–H and O–H groups in total. The van der Waals surface area contributed by atoms with Crippen LogP contribution in [0.15, 0.2) is 0 Å². The highest BCUT2D eigenvalue weighted by Gasteiger charge is 1.98. The number of hydrogen-bond acceptors (Lipinski definition) is 0. The van der Waals surface area contributed by atoms with E-state index in [-0.39, 0.29) is 0 Å². The first kappa shape index (κ1) is 9.56. The topological polar surface area (TPSA) is 0 Å². The normalized spacial score (nSPS) is 9.20. The van der Waals surface area contributed by atoms with Crippen LogP contribution in [0, 0.1) is 17.8 Å². The molecular formula is C10H18. The third-order valence-electron chi connectivity index (χ3n) is 1.85. The Hall–Kier alpha value is -0.440. The van der Waals surface area contributed by atoms with Gasteiger partial charge in [0.15, 0.2) is 0 Å². The lowest BCUT2D eigenvalue weighted by atomic mass is 10.0. The zero-order valence-corrected chi connectivity index (χ0v) is 7.41. The average Bonchev–Trinajstić information content (AvgIpc) is 1.99. The van der Waals surface area contributed by atoms with Crippen molar-refractivity contribution in [2.24, 2.45) is 5.92 Å². The molecule has 0 fully saturated rings. The van der Waals surface area contributed by atoms with Gasteiger partial charge in [0.05, 0.1) is 0 Å². The third kappa shape index (κ3) is 4.44. The molecule has 0 aromatic heterocycles. The maximum atomic E-state index is 3.19. The lowest BCUT2D eigenvalue weighted by Crippen LogP contribution is -1.93. The van der Waals surface area contributed by atoms with Crippen molar-refractivity contribution >= 4 is 0 Å². The zero-order chi connectivity index (χ0) is 7.82. The Morgan fingerprint density at radius 1 is 1.00 bits per heavy atom. The van der Waals surface area contributed by atoms with Crippen molar-refractivity contribution < 1.29 is 0 Å². The molecule has 0 nitrogen and oxygen atoms in total. The lowest BCUT2D eigenvalue weighted by Gasteiger charge is -2.05. The van der Waals surface area contributed by atoms with Gasteiger partial charge in [-0.25, -0.2) is 0 Å². The highest BCUT2D eigenvalue weighted by molar-refractivity contribution is 4.98. The van der Waals surface area contributed by atoms with Crippen molar-refractivity contribution in [3.8, 4) is 11.8 Å². The van der Waals surface area contributed by atoms with E-state index in [0.29, 0.717) is 0 Å². The van der Waals surface area contributed by atoms with E-state index in [1.54, 1.807) is 0 Å². The molecule has 0 heterocycles. The highest BCUT2D eigenvalue weighted by Crippen LogP contribution is 2.10. The standard InChI is InChI=1S/C10H18/c1-4-7-8-9-10(5-2)6-3/h10H,4-6,9H2,1-3H3. The summed E-state index contributed by atoms with van der Waals surface area (Å²) in [6.45, 7) is 6.57. The Kier molecular flexibility index (Phi) is 6.38. The second kappa shape index (κ2) is 6.68. The fraction of sp³-hybridized carbons (Fsp3) is 0.800. The Labute approximate surface area is 65.0 Å². The second-order valence-corrected chi connectivity index (χ2v) is 2.59. The Bertz CT molecular complexity index is 110.